The van der Waals surface area contributed by atoms with E-state index in [4.69, 9.17) is 0 Å². The first-order chi connectivity index (χ1) is 14.3. The quantitative estimate of drug-likeness (QED) is 0.789. The zero-order valence-electron chi connectivity index (χ0n) is 16.9. The van der Waals surface area contributed by atoms with Crippen LogP contribution >= 0.6 is 0 Å². The fraction of sp³-hybridized carbons (Fsp3) is 0.318. The number of halogens is 1. The monoisotopic (exact) mass is 410 g/mol. The molecule has 0 radical (unpaired) electrons. The number of piperazine rings is 1. The van der Waals surface area contributed by atoms with Crippen molar-refractivity contribution >= 4 is 29.2 Å². The lowest BCUT2D eigenvalue weighted by atomic mass is 10.1. The second-order valence-corrected chi connectivity index (χ2v) is 7.72. The fourth-order valence-electron chi connectivity index (χ4n) is 3.83. The van der Waals surface area contributed by atoms with Crippen molar-refractivity contribution in [3.63, 3.8) is 0 Å². The molecule has 2 aromatic rings. The van der Waals surface area contributed by atoms with Crippen molar-refractivity contribution in [1.82, 2.24) is 9.80 Å². The maximum Gasteiger partial charge on any atom is 0.321 e. The SMILES string of the molecule is CC(C)N1C(=O)c2ccc(NC(=O)N3CCN(c4ccc(F)cc4)CC3)cc2C1=O. The van der Waals surface area contributed by atoms with Gasteiger partial charge in [-0.15, -0.1) is 0 Å². The highest BCUT2D eigenvalue weighted by molar-refractivity contribution is 6.22. The second-order valence-electron chi connectivity index (χ2n) is 7.72. The number of benzene rings is 2. The number of carbonyl (C=O) groups excluding carboxylic acids is 3. The Hall–Kier alpha value is -3.42. The van der Waals surface area contributed by atoms with E-state index in [9.17, 15) is 18.8 Å². The van der Waals surface area contributed by atoms with Crippen LogP contribution in [0.3, 0.4) is 0 Å². The zero-order chi connectivity index (χ0) is 21.4. The highest BCUT2D eigenvalue weighted by atomic mass is 19.1. The van der Waals surface area contributed by atoms with Gasteiger partial charge < -0.3 is 15.1 Å². The van der Waals surface area contributed by atoms with Crippen molar-refractivity contribution < 1.29 is 18.8 Å². The Labute approximate surface area is 174 Å². The van der Waals surface area contributed by atoms with Crippen LogP contribution in [-0.4, -0.2) is 59.9 Å². The Morgan fingerprint density at radius 3 is 2.20 bits per heavy atom. The van der Waals surface area contributed by atoms with Gasteiger partial charge >= 0.3 is 6.03 Å². The van der Waals surface area contributed by atoms with Crippen molar-refractivity contribution in [2.75, 3.05) is 36.4 Å². The predicted molar refractivity (Wildman–Crippen MR) is 111 cm³/mol. The standard InChI is InChI=1S/C22H23FN4O3/c1-14(2)27-20(28)18-8-5-16(13-19(18)21(27)29)24-22(30)26-11-9-25(10-12-26)17-6-3-15(23)4-7-17/h3-8,13-14H,9-12H2,1-2H3,(H,24,30). The Balaban J connectivity index is 1.39. The highest BCUT2D eigenvalue weighted by Crippen LogP contribution is 2.27. The van der Waals surface area contributed by atoms with E-state index >= 15 is 0 Å². The first-order valence-electron chi connectivity index (χ1n) is 9.93. The number of rotatable bonds is 3. The summed E-state index contributed by atoms with van der Waals surface area (Å²) in [5.74, 6) is -0.920. The molecule has 2 aromatic carbocycles. The Morgan fingerprint density at radius 1 is 0.933 bits per heavy atom. The van der Waals surface area contributed by atoms with Crippen molar-refractivity contribution in [3.05, 3.63) is 59.4 Å². The average molecular weight is 410 g/mol. The number of nitrogens with one attached hydrogen (secondary N) is 1. The summed E-state index contributed by atoms with van der Waals surface area (Å²) in [4.78, 5) is 42.6. The number of fused-ring (bicyclic) bond motifs is 1. The number of anilines is 2. The number of nitrogens with zero attached hydrogens (tertiary/aromatic N) is 3. The van der Waals surface area contributed by atoms with Crippen LogP contribution in [0.25, 0.3) is 0 Å². The maximum atomic E-state index is 13.1. The normalized spacial score (nSPS) is 16.3. The first-order valence-corrected chi connectivity index (χ1v) is 9.93. The van der Waals surface area contributed by atoms with E-state index in [0.717, 1.165) is 5.69 Å². The lowest BCUT2D eigenvalue weighted by Gasteiger charge is -2.36. The number of carbonyl (C=O) groups is 3. The Morgan fingerprint density at radius 2 is 1.57 bits per heavy atom. The fourth-order valence-corrected chi connectivity index (χ4v) is 3.83. The molecule has 0 bridgehead atoms. The van der Waals surface area contributed by atoms with Crippen LogP contribution in [-0.2, 0) is 0 Å². The van der Waals surface area contributed by atoms with Gasteiger partial charge in [0.15, 0.2) is 0 Å². The third-order valence-electron chi connectivity index (χ3n) is 5.44. The van der Waals surface area contributed by atoms with Crippen molar-refractivity contribution in [2.45, 2.75) is 19.9 Å². The molecule has 7 nitrogen and oxygen atoms in total. The van der Waals surface area contributed by atoms with Gasteiger partial charge in [0.1, 0.15) is 5.82 Å². The predicted octanol–water partition coefficient (Wildman–Crippen LogP) is 3.18. The summed E-state index contributed by atoms with van der Waals surface area (Å²) < 4.78 is 13.1. The van der Waals surface area contributed by atoms with Gasteiger partial charge in [0.2, 0.25) is 0 Å². The Bertz CT molecular complexity index is 998. The summed E-state index contributed by atoms with van der Waals surface area (Å²) in [7, 11) is 0. The topological polar surface area (TPSA) is 73.0 Å². The molecular formula is C22H23FN4O3. The first kappa shape index (κ1) is 19.9. The van der Waals surface area contributed by atoms with E-state index < -0.39 is 0 Å². The molecule has 1 fully saturated rings. The van der Waals surface area contributed by atoms with Gasteiger partial charge in [-0.2, -0.15) is 0 Å². The van der Waals surface area contributed by atoms with Gasteiger partial charge in [-0.3, -0.25) is 14.5 Å². The van der Waals surface area contributed by atoms with Crippen LogP contribution in [0.5, 0.6) is 0 Å². The minimum Gasteiger partial charge on any atom is -0.368 e. The summed E-state index contributed by atoms with van der Waals surface area (Å²) in [6, 6.07) is 10.6. The highest BCUT2D eigenvalue weighted by Gasteiger charge is 2.37. The van der Waals surface area contributed by atoms with Crippen LogP contribution in [0, 0.1) is 5.82 Å². The minimum atomic E-state index is -0.339. The lowest BCUT2D eigenvalue weighted by Crippen LogP contribution is -2.50. The molecular weight excluding hydrogens is 387 g/mol. The van der Waals surface area contributed by atoms with Gasteiger partial charge in [0, 0.05) is 43.6 Å². The van der Waals surface area contributed by atoms with E-state index in [1.807, 2.05) is 0 Å². The molecule has 4 rings (SSSR count). The summed E-state index contributed by atoms with van der Waals surface area (Å²) in [6.45, 7) is 5.89. The molecule has 2 heterocycles. The van der Waals surface area contributed by atoms with Crippen LogP contribution in [0.4, 0.5) is 20.6 Å². The zero-order valence-corrected chi connectivity index (χ0v) is 16.9. The van der Waals surface area contributed by atoms with E-state index in [0.29, 0.717) is 43.0 Å². The third kappa shape index (κ3) is 3.60. The smallest absolute Gasteiger partial charge is 0.321 e. The van der Waals surface area contributed by atoms with Crippen LogP contribution in [0.15, 0.2) is 42.5 Å². The molecule has 0 aliphatic carbocycles. The number of hydrogen-bond acceptors (Lipinski definition) is 4. The molecule has 0 unspecified atom stereocenters. The molecule has 0 saturated carbocycles. The summed E-state index contributed by atoms with van der Waals surface area (Å²) in [5, 5.41) is 2.82. The van der Waals surface area contributed by atoms with Gasteiger partial charge in [-0.1, -0.05) is 0 Å². The molecule has 1 saturated heterocycles. The van der Waals surface area contributed by atoms with Gasteiger partial charge in [0.25, 0.3) is 11.8 Å². The average Bonchev–Trinajstić information content (AvgIpc) is 2.98. The van der Waals surface area contributed by atoms with Gasteiger partial charge in [-0.25, -0.2) is 9.18 Å². The van der Waals surface area contributed by atoms with E-state index in [1.54, 1.807) is 49.1 Å². The largest absolute Gasteiger partial charge is 0.368 e. The molecule has 8 heteroatoms. The van der Waals surface area contributed by atoms with Crippen molar-refractivity contribution in [3.8, 4) is 0 Å². The summed E-state index contributed by atoms with van der Waals surface area (Å²) >= 11 is 0. The van der Waals surface area contributed by atoms with Crippen LogP contribution < -0.4 is 10.2 Å². The molecule has 156 valence electrons. The number of amides is 4. The third-order valence-corrected chi connectivity index (χ3v) is 5.44. The second kappa shape index (κ2) is 7.78. The van der Waals surface area contributed by atoms with E-state index in [2.05, 4.69) is 10.2 Å². The van der Waals surface area contributed by atoms with Gasteiger partial charge in [-0.05, 0) is 56.3 Å². The molecule has 2 aliphatic heterocycles. The van der Waals surface area contributed by atoms with Crippen LogP contribution in [0.1, 0.15) is 34.6 Å². The molecule has 30 heavy (non-hydrogen) atoms. The number of hydrogen-bond donors (Lipinski definition) is 1. The number of urea groups is 1. The summed E-state index contributed by atoms with van der Waals surface area (Å²) in [6.07, 6.45) is 0. The Kier molecular flexibility index (Phi) is 5.15. The maximum absolute atomic E-state index is 13.1. The van der Waals surface area contributed by atoms with Crippen molar-refractivity contribution in [2.24, 2.45) is 0 Å². The lowest BCUT2D eigenvalue weighted by molar-refractivity contribution is 0.0609. The van der Waals surface area contributed by atoms with Crippen LogP contribution in [0.2, 0.25) is 0 Å². The minimum absolute atomic E-state index is 0.229. The van der Waals surface area contributed by atoms with E-state index in [-0.39, 0.29) is 29.7 Å². The van der Waals surface area contributed by atoms with E-state index in [1.165, 1.54) is 17.0 Å². The molecule has 0 atom stereocenters. The van der Waals surface area contributed by atoms with Crippen molar-refractivity contribution in [1.29, 1.82) is 0 Å². The molecule has 2 aliphatic rings. The number of imide groups is 1. The molecule has 0 aromatic heterocycles. The van der Waals surface area contributed by atoms with Gasteiger partial charge in [0.05, 0.1) is 11.1 Å². The molecule has 0 spiro atoms. The summed E-state index contributed by atoms with van der Waals surface area (Å²) in [5.41, 5.74) is 2.08. The molecule has 4 amide bonds. The molecule has 1 N–H and O–H groups in total.